The number of carbonyl (C=O) groups excluding carboxylic acids is 3. The second kappa shape index (κ2) is 13.8. The molecule has 2 atom stereocenters. The first kappa shape index (κ1) is 30.1. The third kappa shape index (κ3) is 10.1. The van der Waals surface area contributed by atoms with Crippen LogP contribution in [0.3, 0.4) is 0 Å². The van der Waals surface area contributed by atoms with Crippen molar-refractivity contribution in [3.05, 3.63) is 65.2 Å². The molecule has 0 saturated carbocycles. The van der Waals surface area contributed by atoms with Crippen molar-refractivity contribution >= 4 is 23.4 Å². The summed E-state index contributed by atoms with van der Waals surface area (Å²) in [6.45, 7) is -0.456. The van der Waals surface area contributed by atoms with Crippen LogP contribution in [0.4, 0.5) is 18.9 Å². The Morgan fingerprint density at radius 2 is 1.50 bits per heavy atom. The normalized spacial score (nSPS) is 12.2. The fraction of sp³-hybridized carbons (Fsp3) is 0.292. The summed E-state index contributed by atoms with van der Waals surface area (Å²) >= 11 is 0. The molecular formula is C24H27F3N4O5. The van der Waals surface area contributed by atoms with E-state index in [-0.39, 0.29) is 13.0 Å². The van der Waals surface area contributed by atoms with Gasteiger partial charge in [-0.05, 0) is 55.5 Å². The van der Waals surface area contributed by atoms with Gasteiger partial charge in [0, 0.05) is 22.4 Å². The van der Waals surface area contributed by atoms with E-state index in [0.717, 1.165) is 0 Å². The maximum absolute atomic E-state index is 12.3. The molecule has 194 valence electrons. The minimum absolute atomic E-state index is 0. The zero-order valence-corrected chi connectivity index (χ0v) is 18.4. The first-order chi connectivity index (χ1) is 16.5. The van der Waals surface area contributed by atoms with Crippen LogP contribution in [-0.4, -0.2) is 59.4 Å². The smallest absolute Gasteiger partial charge is 0.391 e. The molecule has 0 aromatic heterocycles. The molecule has 6 N–H and O–H groups in total. The average Bonchev–Trinajstić information content (AvgIpc) is 2.80. The lowest BCUT2D eigenvalue weighted by molar-refractivity contribution is -0.133. The van der Waals surface area contributed by atoms with E-state index in [2.05, 4.69) is 22.5 Å². The number of anilines is 1. The standard InChI is InChI=1S/C23H23F3N4O5.CH4/c1-14(31)20(22(34)30-35)29-21(33)17-8-4-15(5-9-17)2-3-16-6-10-18(11-7-16)28-19(32)12-27-13-23(24,25)26;/h4-11,14,20,27,31,35H,12-13H2,1H3,(H,28,32)(H,29,33)(H,30,34);1H4/t14-,20+;/m1./s1. The quantitative estimate of drug-likeness (QED) is 0.183. The van der Waals surface area contributed by atoms with E-state index in [9.17, 15) is 32.7 Å². The lowest BCUT2D eigenvalue weighted by atomic mass is 10.1. The van der Waals surface area contributed by atoms with Crippen LogP contribution in [0.25, 0.3) is 0 Å². The van der Waals surface area contributed by atoms with Crippen molar-refractivity contribution in [2.45, 2.75) is 32.7 Å². The van der Waals surface area contributed by atoms with Crippen molar-refractivity contribution in [1.29, 1.82) is 0 Å². The number of alkyl halides is 3. The SMILES string of the molecule is C.C[C@@H](O)[C@H](NC(=O)c1ccc(C#Cc2ccc(NC(=O)CNCC(F)(F)F)cc2)cc1)C(=O)NO. The fourth-order valence-electron chi connectivity index (χ4n) is 2.71. The van der Waals surface area contributed by atoms with Crippen LogP contribution >= 0.6 is 0 Å². The van der Waals surface area contributed by atoms with Crippen LogP contribution in [0.1, 0.15) is 35.8 Å². The number of hydrogen-bond donors (Lipinski definition) is 6. The molecule has 2 rings (SSSR count). The average molecular weight is 508 g/mol. The van der Waals surface area contributed by atoms with Gasteiger partial charge in [-0.25, -0.2) is 5.48 Å². The van der Waals surface area contributed by atoms with Gasteiger partial charge in [-0.3, -0.25) is 19.6 Å². The Morgan fingerprint density at radius 3 is 1.97 bits per heavy atom. The number of aliphatic hydroxyl groups is 1. The summed E-state index contributed by atoms with van der Waals surface area (Å²) in [5, 5.41) is 25.1. The number of carbonyl (C=O) groups is 3. The van der Waals surface area contributed by atoms with Gasteiger partial charge < -0.3 is 21.1 Å². The lowest BCUT2D eigenvalue weighted by Crippen LogP contribution is -2.51. The number of nitrogens with one attached hydrogen (secondary N) is 4. The van der Waals surface area contributed by atoms with Gasteiger partial charge in [-0.15, -0.1) is 0 Å². The van der Waals surface area contributed by atoms with Gasteiger partial charge in [0.1, 0.15) is 6.04 Å². The highest BCUT2D eigenvalue weighted by molar-refractivity contribution is 5.97. The number of hydroxylamine groups is 1. The molecule has 0 spiro atoms. The third-order valence-electron chi connectivity index (χ3n) is 4.44. The molecular weight excluding hydrogens is 481 g/mol. The minimum atomic E-state index is -4.40. The van der Waals surface area contributed by atoms with Crippen molar-refractivity contribution < 1.29 is 37.9 Å². The van der Waals surface area contributed by atoms with E-state index in [0.29, 0.717) is 16.8 Å². The predicted molar refractivity (Wildman–Crippen MR) is 126 cm³/mol. The van der Waals surface area contributed by atoms with Crippen LogP contribution in [-0.2, 0) is 9.59 Å². The zero-order valence-electron chi connectivity index (χ0n) is 18.4. The number of amides is 3. The second-order valence-corrected chi connectivity index (χ2v) is 7.34. The van der Waals surface area contributed by atoms with Gasteiger partial charge in [0.25, 0.3) is 11.8 Å². The van der Waals surface area contributed by atoms with Crippen molar-refractivity contribution in [3.8, 4) is 11.8 Å². The molecule has 9 nitrogen and oxygen atoms in total. The van der Waals surface area contributed by atoms with Gasteiger partial charge >= 0.3 is 6.18 Å². The highest BCUT2D eigenvalue weighted by Gasteiger charge is 2.27. The van der Waals surface area contributed by atoms with E-state index in [1.807, 2.05) is 5.32 Å². The molecule has 0 heterocycles. The largest absolute Gasteiger partial charge is 0.401 e. The van der Waals surface area contributed by atoms with Crippen molar-refractivity contribution in [3.63, 3.8) is 0 Å². The van der Waals surface area contributed by atoms with E-state index < -0.39 is 49.1 Å². The van der Waals surface area contributed by atoms with Crippen molar-refractivity contribution in [1.82, 2.24) is 16.1 Å². The summed E-state index contributed by atoms with van der Waals surface area (Å²) in [6.07, 6.45) is -5.63. The maximum atomic E-state index is 12.3. The number of halogens is 3. The first-order valence-corrected chi connectivity index (χ1v) is 10.2. The molecule has 0 aliphatic carbocycles. The summed E-state index contributed by atoms with van der Waals surface area (Å²) < 4.78 is 36.3. The van der Waals surface area contributed by atoms with Crippen LogP contribution in [0.5, 0.6) is 0 Å². The van der Waals surface area contributed by atoms with E-state index in [4.69, 9.17) is 5.21 Å². The Hall–Kier alpha value is -3.92. The lowest BCUT2D eigenvalue weighted by Gasteiger charge is -2.19. The predicted octanol–water partition coefficient (Wildman–Crippen LogP) is 1.80. The topological polar surface area (TPSA) is 140 Å². The minimum Gasteiger partial charge on any atom is -0.391 e. The number of hydrogen-bond acceptors (Lipinski definition) is 6. The summed E-state index contributed by atoms with van der Waals surface area (Å²) in [4.78, 5) is 35.5. The highest BCUT2D eigenvalue weighted by atomic mass is 19.4. The van der Waals surface area contributed by atoms with Crippen LogP contribution in [0, 0.1) is 11.8 Å². The van der Waals surface area contributed by atoms with E-state index in [1.165, 1.54) is 24.5 Å². The van der Waals surface area contributed by atoms with Crippen molar-refractivity contribution in [2.75, 3.05) is 18.4 Å². The van der Waals surface area contributed by atoms with Crippen LogP contribution < -0.4 is 21.4 Å². The van der Waals surface area contributed by atoms with Crippen molar-refractivity contribution in [2.24, 2.45) is 0 Å². The molecule has 2 aromatic carbocycles. The molecule has 0 bridgehead atoms. The number of rotatable bonds is 8. The maximum Gasteiger partial charge on any atom is 0.401 e. The molecule has 36 heavy (non-hydrogen) atoms. The monoisotopic (exact) mass is 508 g/mol. The Bertz CT molecular complexity index is 1090. The fourth-order valence-corrected chi connectivity index (χ4v) is 2.71. The second-order valence-electron chi connectivity index (χ2n) is 7.34. The Balaban J connectivity index is 0.00000648. The number of benzene rings is 2. The molecule has 2 aromatic rings. The molecule has 0 radical (unpaired) electrons. The Labute approximate surface area is 206 Å². The Kier molecular flexibility index (Phi) is 11.6. The van der Waals surface area contributed by atoms with Crippen LogP contribution in [0.2, 0.25) is 0 Å². The van der Waals surface area contributed by atoms with Gasteiger partial charge in [-0.2, -0.15) is 13.2 Å². The highest BCUT2D eigenvalue weighted by Crippen LogP contribution is 2.12. The number of aliphatic hydroxyl groups excluding tert-OH is 1. The summed E-state index contributed by atoms with van der Waals surface area (Å²) in [7, 11) is 0. The molecule has 0 fully saturated rings. The van der Waals surface area contributed by atoms with E-state index >= 15 is 0 Å². The molecule has 0 saturated heterocycles. The first-order valence-electron chi connectivity index (χ1n) is 10.2. The van der Waals surface area contributed by atoms with Gasteiger partial charge in [0.15, 0.2) is 0 Å². The van der Waals surface area contributed by atoms with Gasteiger partial charge in [0.05, 0.1) is 19.2 Å². The summed E-state index contributed by atoms with van der Waals surface area (Å²) in [5.74, 6) is 3.58. The molecule has 0 unspecified atom stereocenters. The third-order valence-corrected chi connectivity index (χ3v) is 4.44. The summed E-state index contributed by atoms with van der Waals surface area (Å²) in [5.41, 5.74) is 3.17. The molecule has 12 heteroatoms. The molecule has 3 amide bonds. The van der Waals surface area contributed by atoms with Crippen LogP contribution in [0.15, 0.2) is 48.5 Å². The van der Waals surface area contributed by atoms with Gasteiger partial charge in [-0.1, -0.05) is 19.3 Å². The van der Waals surface area contributed by atoms with Gasteiger partial charge in [0.2, 0.25) is 5.91 Å². The zero-order chi connectivity index (χ0) is 26.0. The molecule has 0 aliphatic heterocycles. The summed E-state index contributed by atoms with van der Waals surface area (Å²) in [6, 6.07) is 11.1. The Morgan fingerprint density at radius 1 is 0.972 bits per heavy atom. The van der Waals surface area contributed by atoms with E-state index in [1.54, 1.807) is 36.4 Å². The molecule has 0 aliphatic rings.